The molecule has 2 aliphatic rings. The van der Waals surface area contributed by atoms with Crippen LogP contribution >= 0.6 is 0 Å². The highest BCUT2D eigenvalue weighted by Crippen LogP contribution is 2.32. The summed E-state index contributed by atoms with van der Waals surface area (Å²) >= 11 is 0. The van der Waals surface area contributed by atoms with Gasteiger partial charge in [0.15, 0.2) is 6.61 Å². The van der Waals surface area contributed by atoms with E-state index in [9.17, 15) is 18.0 Å². The first-order valence-electron chi connectivity index (χ1n) is 10.7. The first-order valence-corrected chi connectivity index (χ1v) is 12.1. The van der Waals surface area contributed by atoms with Crippen LogP contribution in [0.4, 0.5) is 5.69 Å². The fraction of sp³-hybridized carbons (Fsp3) is 0.391. The van der Waals surface area contributed by atoms with E-state index in [1.165, 1.54) is 29.6 Å². The number of morpholine rings is 1. The van der Waals surface area contributed by atoms with Crippen LogP contribution in [0.25, 0.3) is 0 Å². The van der Waals surface area contributed by atoms with Gasteiger partial charge in [-0.3, -0.25) is 4.79 Å². The standard InChI is InChI=1S/C23H26N2O7S/c1-16-13-17-5-3-4-6-19(17)25(16)22(26)15-32-23(27)18-7-8-20(30-2)21(14-18)33(28,29)24-9-11-31-12-10-24/h3-8,14,16H,9-13,15H2,1-2H3/t16-/m0/s1. The quantitative estimate of drug-likeness (QED) is 0.589. The van der Waals surface area contributed by atoms with E-state index in [0.717, 1.165) is 17.7 Å². The summed E-state index contributed by atoms with van der Waals surface area (Å²) in [5.74, 6) is -1.00. The van der Waals surface area contributed by atoms with Gasteiger partial charge in [0.1, 0.15) is 10.6 Å². The molecule has 1 atom stereocenters. The van der Waals surface area contributed by atoms with Gasteiger partial charge in [-0.2, -0.15) is 4.31 Å². The Bertz CT molecular complexity index is 1160. The minimum Gasteiger partial charge on any atom is -0.495 e. The zero-order valence-corrected chi connectivity index (χ0v) is 19.3. The van der Waals surface area contributed by atoms with E-state index in [2.05, 4.69) is 0 Å². The number of hydrogen-bond donors (Lipinski definition) is 0. The number of carbonyl (C=O) groups excluding carboxylic acids is 2. The van der Waals surface area contributed by atoms with E-state index >= 15 is 0 Å². The van der Waals surface area contributed by atoms with Gasteiger partial charge < -0.3 is 19.1 Å². The van der Waals surface area contributed by atoms with Crippen LogP contribution < -0.4 is 9.64 Å². The van der Waals surface area contributed by atoms with Gasteiger partial charge in [0.25, 0.3) is 5.91 Å². The summed E-state index contributed by atoms with van der Waals surface area (Å²) in [6.45, 7) is 2.50. The van der Waals surface area contributed by atoms with Crippen LogP contribution in [0.3, 0.4) is 0 Å². The molecule has 0 unspecified atom stereocenters. The fourth-order valence-electron chi connectivity index (χ4n) is 4.16. The number of anilines is 1. The first kappa shape index (κ1) is 23.2. The smallest absolute Gasteiger partial charge is 0.338 e. The van der Waals surface area contributed by atoms with Crippen molar-refractivity contribution >= 4 is 27.6 Å². The van der Waals surface area contributed by atoms with Crippen LogP contribution in [0, 0.1) is 0 Å². The molecular weight excluding hydrogens is 448 g/mol. The first-order chi connectivity index (χ1) is 15.8. The maximum Gasteiger partial charge on any atom is 0.338 e. The lowest BCUT2D eigenvalue weighted by molar-refractivity contribution is -0.122. The van der Waals surface area contributed by atoms with Gasteiger partial charge in [0.2, 0.25) is 10.0 Å². The Labute approximate surface area is 192 Å². The van der Waals surface area contributed by atoms with Crippen molar-refractivity contribution in [3.8, 4) is 5.75 Å². The van der Waals surface area contributed by atoms with Crippen LogP contribution in [-0.2, 0) is 30.7 Å². The molecule has 33 heavy (non-hydrogen) atoms. The number of carbonyl (C=O) groups is 2. The number of sulfonamides is 1. The van der Waals surface area contributed by atoms with Crippen LogP contribution in [-0.4, -0.2) is 70.7 Å². The molecule has 0 spiro atoms. The second kappa shape index (κ2) is 9.50. The number of fused-ring (bicyclic) bond motifs is 1. The molecule has 0 N–H and O–H groups in total. The lowest BCUT2D eigenvalue weighted by Crippen LogP contribution is -2.40. The summed E-state index contributed by atoms with van der Waals surface area (Å²) in [7, 11) is -2.54. The molecule has 4 rings (SSSR count). The maximum absolute atomic E-state index is 13.1. The lowest BCUT2D eigenvalue weighted by Gasteiger charge is -2.26. The monoisotopic (exact) mass is 474 g/mol. The van der Waals surface area contributed by atoms with Crippen molar-refractivity contribution in [2.24, 2.45) is 0 Å². The van der Waals surface area contributed by atoms with Crippen molar-refractivity contribution in [2.75, 3.05) is 44.9 Å². The number of nitrogens with zero attached hydrogens (tertiary/aromatic N) is 2. The minimum atomic E-state index is -3.90. The molecule has 1 fully saturated rings. The predicted molar refractivity (Wildman–Crippen MR) is 120 cm³/mol. The summed E-state index contributed by atoms with van der Waals surface area (Å²) in [6.07, 6.45) is 0.733. The topological polar surface area (TPSA) is 102 Å². The van der Waals surface area contributed by atoms with Gasteiger partial charge in [-0.1, -0.05) is 18.2 Å². The van der Waals surface area contributed by atoms with Crippen LogP contribution in [0.5, 0.6) is 5.75 Å². The van der Waals surface area contributed by atoms with E-state index in [0.29, 0.717) is 13.2 Å². The van der Waals surface area contributed by atoms with Crippen molar-refractivity contribution in [3.05, 3.63) is 53.6 Å². The Hall–Kier alpha value is -2.95. The summed E-state index contributed by atoms with van der Waals surface area (Å²) in [4.78, 5) is 27.0. The third-order valence-corrected chi connectivity index (χ3v) is 7.71. The van der Waals surface area contributed by atoms with Crippen molar-refractivity contribution in [1.29, 1.82) is 0 Å². The van der Waals surface area contributed by atoms with Gasteiger partial charge in [-0.05, 0) is 43.2 Å². The molecule has 2 aromatic carbocycles. The van der Waals surface area contributed by atoms with E-state index < -0.39 is 22.6 Å². The molecule has 2 heterocycles. The highest BCUT2D eigenvalue weighted by atomic mass is 32.2. The second-order valence-electron chi connectivity index (χ2n) is 7.90. The zero-order chi connectivity index (χ0) is 23.6. The Morgan fingerprint density at radius 1 is 1.12 bits per heavy atom. The van der Waals surface area contributed by atoms with Crippen molar-refractivity contribution in [2.45, 2.75) is 24.3 Å². The molecule has 1 amide bonds. The van der Waals surface area contributed by atoms with Crippen LogP contribution in [0.2, 0.25) is 0 Å². The molecule has 0 aromatic heterocycles. The summed E-state index contributed by atoms with van der Waals surface area (Å²) in [5, 5.41) is 0. The third kappa shape index (κ3) is 4.59. The minimum absolute atomic E-state index is 0.0188. The van der Waals surface area contributed by atoms with E-state index in [1.807, 2.05) is 31.2 Å². The molecule has 2 aromatic rings. The highest BCUT2D eigenvalue weighted by Gasteiger charge is 2.32. The number of hydrogen-bond acceptors (Lipinski definition) is 7. The van der Waals surface area contributed by atoms with Crippen molar-refractivity contribution < 1.29 is 32.2 Å². The molecule has 0 bridgehead atoms. The van der Waals surface area contributed by atoms with Gasteiger partial charge in [0, 0.05) is 24.8 Å². The molecule has 0 radical (unpaired) electrons. The Kier molecular flexibility index (Phi) is 6.68. The van der Waals surface area contributed by atoms with E-state index in [1.54, 1.807) is 4.90 Å². The zero-order valence-electron chi connectivity index (χ0n) is 18.5. The Morgan fingerprint density at radius 2 is 1.85 bits per heavy atom. The third-order valence-electron chi connectivity index (χ3n) is 5.79. The highest BCUT2D eigenvalue weighted by molar-refractivity contribution is 7.89. The normalized spacial score (nSPS) is 18.6. The number of amides is 1. The molecule has 2 aliphatic heterocycles. The van der Waals surface area contributed by atoms with Crippen LogP contribution in [0.1, 0.15) is 22.8 Å². The van der Waals surface area contributed by atoms with Crippen molar-refractivity contribution in [1.82, 2.24) is 4.31 Å². The second-order valence-corrected chi connectivity index (χ2v) is 9.81. The fourth-order valence-corrected chi connectivity index (χ4v) is 5.75. The summed E-state index contributed by atoms with van der Waals surface area (Å²) in [6, 6.07) is 11.6. The van der Waals surface area contributed by atoms with Gasteiger partial charge >= 0.3 is 5.97 Å². The number of ether oxygens (including phenoxy) is 3. The molecule has 0 saturated carbocycles. The largest absolute Gasteiger partial charge is 0.495 e. The summed E-state index contributed by atoms with van der Waals surface area (Å²) in [5.41, 5.74) is 1.90. The number of rotatable bonds is 6. The predicted octanol–water partition coefficient (Wildman–Crippen LogP) is 1.85. The number of methoxy groups -OCH3 is 1. The number of para-hydroxylation sites is 1. The van der Waals surface area contributed by atoms with E-state index in [-0.39, 0.29) is 41.2 Å². The molecule has 1 saturated heterocycles. The molecular formula is C23H26N2O7S. The van der Waals surface area contributed by atoms with Crippen LogP contribution in [0.15, 0.2) is 47.4 Å². The van der Waals surface area contributed by atoms with E-state index in [4.69, 9.17) is 14.2 Å². The van der Waals surface area contributed by atoms with Gasteiger partial charge in [0.05, 0.1) is 25.9 Å². The number of esters is 1. The average molecular weight is 475 g/mol. The Morgan fingerprint density at radius 3 is 2.58 bits per heavy atom. The summed E-state index contributed by atoms with van der Waals surface area (Å²) < 4.78 is 43.2. The lowest BCUT2D eigenvalue weighted by atomic mass is 10.1. The molecule has 176 valence electrons. The molecule has 10 heteroatoms. The molecule has 9 nitrogen and oxygen atoms in total. The Balaban J connectivity index is 1.50. The SMILES string of the molecule is COc1ccc(C(=O)OCC(=O)N2c3ccccc3C[C@@H]2C)cc1S(=O)(=O)N1CCOCC1. The molecule has 0 aliphatic carbocycles. The van der Waals surface area contributed by atoms with Crippen molar-refractivity contribution in [3.63, 3.8) is 0 Å². The van der Waals surface area contributed by atoms with Gasteiger partial charge in [-0.15, -0.1) is 0 Å². The maximum atomic E-state index is 13.1. The van der Waals surface area contributed by atoms with Gasteiger partial charge in [-0.25, -0.2) is 13.2 Å². The average Bonchev–Trinajstić information content (AvgIpc) is 3.18. The number of benzene rings is 2.